The second kappa shape index (κ2) is 4.80. The molecule has 0 aliphatic rings. The number of aryl methyl sites for hydroxylation is 1. The Balaban J connectivity index is 2.08. The quantitative estimate of drug-likeness (QED) is 0.719. The van der Waals surface area contributed by atoms with Crippen LogP contribution in [-0.2, 0) is 13.0 Å². The van der Waals surface area contributed by atoms with Gasteiger partial charge in [0.25, 0.3) is 0 Å². The first-order valence-corrected chi connectivity index (χ1v) is 6.31. The molecule has 2 aromatic heterocycles. The van der Waals surface area contributed by atoms with E-state index in [4.69, 9.17) is 0 Å². The van der Waals surface area contributed by atoms with Crippen LogP contribution in [0.25, 0.3) is 11.0 Å². The average molecular weight is 255 g/mol. The van der Waals surface area contributed by atoms with Gasteiger partial charge in [-0.05, 0) is 23.8 Å². The lowest BCUT2D eigenvalue weighted by Crippen LogP contribution is -2.05. The van der Waals surface area contributed by atoms with Crippen molar-refractivity contribution >= 4 is 11.0 Å². The summed E-state index contributed by atoms with van der Waals surface area (Å²) >= 11 is 0. The van der Waals surface area contributed by atoms with Crippen LogP contribution in [-0.4, -0.2) is 14.5 Å². The molecule has 2 heterocycles. The van der Waals surface area contributed by atoms with Gasteiger partial charge in [0.05, 0.1) is 23.8 Å². The first kappa shape index (κ1) is 11.8. The Morgan fingerprint density at radius 3 is 2.84 bits per heavy atom. The van der Waals surface area contributed by atoms with E-state index in [1.165, 1.54) is 12.3 Å². The van der Waals surface area contributed by atoms with Crippen LogP contribution in [0.1, 0.15) is 18.3 Å². The fourth-order valence-electron chi connectivity index (χ4n) is 2.30. The summed E-state index contributed by atoms with van der Waals surface area (Å²) in [7, 11) is 0. The van der Waals surface area contributed by atoms with Gasteiger partial charge in [0, 0.05) is 12.6 Å². The molecule has 3 rings (SSSR count). The molecule has 0 radical (unpaired) electrons. The van der Waals surface area contributed by atoms with E-state index in [9.17, 15) is 4.39 Å². The number of benzene rings is 1. The smallest absolute Gasteiger partial charge is 0.141 e. The van der Waals surface area contributed by atoms with Crippen LogP contribution in [0, 0.1) is 5.82 Å². The molecule has 0 fully saturated rings. The molecule has 0 bridgehead atoms. The number of hydrogen-bond acceptors (Lipinski definition) is 2. The standard InChI is InChI=1S/C15H14FN3/c1-2-15-18-13-5-3-4-6-14(13)19(15)10-11-7-12(16)9-17-8-11/h3-9H,2,10H2,1H3. The van der Waals surface area contributed by atoms with Gasteiger partial charge in [0.15, 0.2) is 0 Å². The summed E-state index contributed by atoms with van der Waals surface area (Å²) in [6.45, 7) is 2.66. The van der Waals surface area contributed by atoms with Crippen LogP contribution >= 0.6 is 0 Å². The van der Waals surface area contributed by atoms with E-state index in [0.29, 0.717) is 6.54 Å². The van der Waals surface area contributed by atoms with E-state index >= 15 is 0 Å². The predicted molar refractivity (Wildman–Crippen MR) is 72.4 cm³/mol. The Labute approximate surface area is 110 Å². The number of nitrogens with zero attached hydrogens (tertiary/aromatic N) is 3. The molecule has 4 heteroatoms. The van der Waals surface area contributed by atoms with Gasteiger partial charge in [-0.25, -0.2) is 9.37 Å². The molecule has 0 saturated heterocycles. The molecule has 0 aliphatic carbocycles. The average Bonchev–Trinajstić information content (AvgIpc) is 2.77. The number of pyridine rings is 1. The molecule has 0 atom stereocenters. The number of hydrogen-bond donors (Lipinski definition) is 0. The first-order chi connectivity index (χ1) is 9.28. The molecule has 0 saturated carbocycles. The number of aromatic nitrogens is 3. The minimum atomic E-state index is -0.306. The van der Waals surface area contributed by atoms with Crippen molar-refractivity contribution in [1.82, 2.24) is 14.5 Å². The minimum absolute atomic E-state index is 0.306. The Hall–Kier alpha value is -2.23. The molecule has 96 valence electrons. The fraction of sp³-hybridized carbons (Fsp3) is 0.200. The van der Waals surface area contributed by atoms with Crippen molar-refractivity contribution in [2.24, 2.45) is 0 Å². The van der Waals surface area contributed by atoms with E-state index in [0.717, 1.165) is 28.8 Å². The van der Waals surface area contributed by atoms with Gasteiger partial charge in [-0.1, -0.05) is 19.1 Å². The van der Waals surface area contributed by atoms with Crippen molar-refractivity contribution in [2.75, 3.05) is 0 Å². The van der Waals surface area contributed by atoms with Crippen molar-refractivity contribution in [3.63, 3.8) is 0 Å². The highest BCUT2D eigenvalue weighted by Gasteiger charge is 2.09. The third-order valence-electron chi connectivity index (χ3n) is 3.15. The molecule has 3 nitrogen and oxygen atoms in total. The van der Waals surface area contributed by atoms with Gasteiger partial charge in [-0.2, -0.15) is 0 Å². The summed E-state index contributed by atoms with van der Waals surface area (Å²) in [5.74, 6) is 0.699. The molecule has 0 aliphatic heterocycles. The molecular formula is C15H14FN3. The van der Waals surface area contributed by atoms with Crippen molar-refractivity contribution in [3.8, 4) is 0 Å². The van der Waals surface area contributed by atoms with Crippen molar-refractivity contribution in [1.29, 1.82) is 0 Å². The van der Waals surface area contributed by atoms with Gasteiger partial charge < -0.3 is 4.57 Å². The number of para-hydroxylation sites is 2. The monoisotopic (exact) mass is 255 g/mol. The lowest BCUT2D eigenvalue weighted by Gasteiger charge is -2.08. The minimum Gasteiger partial charge on any atom is -0.323 e. The van der Waals surface area contributed by atoms with Crippen LogP contribution < -0.4 is 0 Å². The van der Waals surface area contributed by atoms with Gasteiger partial charge in [-0.3, -0.25) is 4.98 Å². The lowest BCUT2D eigenvalue weighted by atomic mass is 10.2. The zero-order chi connectivity index (χ0) is 13.2. The summed E-state index contributed by atoms with van der Waals surface area (Å²) < 4.78 is 15.3. The summed E-state index contributed by atoms with van der Waals surface area (Å²) in [5, 5.41) is 0. The highest BCUT2D eigenvalue weighted by molar-refractivity contribution is 5.76. The molecule has 19 heavy (non-hydrogen) atoms. The SMILES string of the molecule is CCc1nc2ccccc2n1Cc1cncc(F)c1. The summed E-state index contributed by atoms with van der Waals surface area (Å²) in [6, 6.07) is 9.51. The molecule has 3 aromatic rings. The Morgan fingerprint density at radius 1 is 1.21 bits per heavy atom. The number of fused-ring (bicyclic) bond motifs is 1. The van der Waals surface area contributed by atoms with Crippen LogP contribution in [0.2, 0.25) is 0 Å². The molecular weight excluding hydrogens is 241 g/mol. The maximum Gasteiger partial charge on any atom is 0.141 e. The third kappa shape index (κ3) is 2.21. The second-order valence-electron chi connectivity index (χ2n) is 4.47. The van der Waals surface area contributed by atoms with Gasteiger partial charge in [0.1, 0.15) is 11.6 Å². The molecule has 0 N–H and O–H groups in total. The number of halogens is 1. The van der Waals surface area contributed by atoms with Crippen LogP contribution in [0.4, 0.5) is 4.39 Å². The van der Waals surface area contributed by atoms with E-state index in [1.807, 2.05) is 24.3 Å². The fourth-order valence-corrected chi connectivity index (χ4v) is 2.30. The lowest BCUT2D eigenvalue weighted by molar-refractivity contribution is 0.615. The van der Waals surface area contributed by atoms with Gasteiger partial charge >= 0.3 is 0 Å². The van der Waals surface area contributed by atoms with Gasteiger partial charge in [-0.15, -0.1) is 0 Å². The maximum absolute atomic E-state index is 13.2. The molecule has 0 unspecified atom stereocenters. The Bertz CT molecular complexity index is 718. The molecule has 0 amide bonds. The topological polar surface area (TPSA) is 30.7 Å². The van der Waals surface area contributed by atoms with Crippen LogP contribution in [0.5, 0.6) is 0 Å². The van der Waals surface area contributed by atoms with Crippen molar-refractivity contribution in [2.45, 2.75) is 19.9 Å². The summed E-state index contributed by atoms with van der Waals surface area (Å²) in [5.41, 5.74) is 2.89. The highest BCUT2D eigenvalue weighted by atomic mass is 19.1. The highest BCUT2D eigenvalue weighted by Crippen LogP contribution is 2.18. The largest absolute Gasteiger partial charge is 0.323 e. The predicted octanol–water partition coefficient (Wildman–Crippen LogP) is 3.18. The summed E-state index contributed by atoms with van der Waals surface area (Å²) in [6.07, 6.45) is 3.75. The molecule has 0 spiro atoms. The van der Waals surface area contributed by atoms with E-state index in [-0.39, 0.29) is 5.82 Å². The maximum atomic E-state index is 13.2. The second-order valence-corrected chi connectivity index (χ2v) is 4.47. The van der Waals surface area contributed by atoms with E-state index in [1.54, 1.807) is 6.20 Å². The van der Waals surface area contributed by atoms with Crippen molar-refractivity contribution in [3.05, 3.63) is 59.9 Å². The Morgan fingerprint density at radius 2 is 2.05 bits per heavy atom. The summed E-state index contributed by atoms with van der Waals surface area (Å²) in [4.78, 5) is 8.49. The molecule has 1 aromatic carbocycles. The van der Waals surface area contributed by atoms with Crippen molar-refractivity contribution < 1.29 is 4.39 Å². The first-order valence-electron chi connectivity index (χ1n) is 6.31. The zero-order valence-corrected chi connectivity index (χ0v) is 10.7. The Kier molecular flexibility index (Phi) is 2.99. The number of rotatable bonds is 3. The van der Waals surface area contributed by atoms with Crippen LogP contribution in [0.15, 0.2) is 42.7 Å². The third-order valence-corrected chi connectivity index (χ3v) is 3.15. The zero-order valence-electron chi connectivity index (χ0n) is 10.7. The van der Waals surface area contributed by atoms with E-state index in [2.05, 4.69) is 21.5 Å². The number of imidazole rings is 1. The van der Waals surface area contributed by atoms with Crippen LogP contribution in [0.3, 0.4) is 0 Å². The normalized spacial score (nSPS) is 11.1. The van der Waals surface area contributed by atoms with Gasteiger partial charge in [0.2, 0.25) is 0 Å². The van der Waals surface area contributed by atoms with E-state index < -0.39 is 0 Å².